The number of rotatable bonds is 0. The smallest absolute Gasteiger partial charge is 0.200 e. The van der Waals surface area contributed by atoms with Crippen molar-refractivity contribution >= 4 is 21.9 Å². The molecular formula is C16H14O2. The molecule has 0 unspecified atom stereocenters. The van der Waals surface area contributed by atoms with Crippen molar-refractivity contribution in [3.05, 3.63) is 57.2 Å². The number of hydrogen-bond acceptors (Lipinski definition) is 2. The Morgan fingerprint density at radius 2 is 1.67 bits per heavy atom. The Labute approximate surface area is 105 Å². The van der Waals surface area contributed by atoms with E-state index in [9.17, 15) is 4.79 Å². The van der Waals surface area contributed by atoms with Crippen LogP contribution in [0.5, 0.6) is 0 Å². The molecule has 18 heavy (non-hydrogen) atoms. The Bertz CT molecular complexity index is 826. The van der Waals surface area contributed by atoms with Gasteiger partial charge in [0.05, 0.1) is 10.8 Å². The SMILES string of the molecule is Cc1cc2oc3ccccc3c(=O)c2c(C)c1C. The van der Waals surface area contributed by atoms with Gasteiger partial charge in [-0.15, -0.1) is 0 Å². The van der Waals surface area contributed by atoms with Gasteiger partial charge in [0.1, 0.15) is 11.2 Å². The molecule has 90 valence electrons. The van der Waals surface area contributed by atoms with Crippen LogP contribution >= 0.6 is 0 Å². The maximum Gasteiger partial charge on any atom is 0.200 e. The zero-order chi connectivity index (χ0) is 12.9. The summed E-state index contributed by atoms with van der Waals surface area (Å²) >= 11 is 0. The second-order valence-electron chi connectivity index (χ2n) is 4.74. The average Bonchev–Trinajstić information content (AvgIpc) is 2.36. The summed E-state index contributed by atoms with van der Waals surface area (Å²) in [6.45, 7) is 6.06. The van der Waals surface area contributed by atoms with E-state index in [1.54, 1.807) is 0 Å². The van der Waals surface area contributed by atoms with Crippen molar-refractivity contribution in [3.8, 4) is 0 Å². The monoisotopic (exact) mass is 238 g/mol. The quantitative estimate of drug-likeness (QED) is 0.556. The number of para-hydroxylation sites is 1. The van der Waals surface area contributed by atoms with Crippen LogP contribution in [0.1, 0.15) is 16.7 Å². The fourth-order valence-electron chi connectivity index (χ4n) is 2.40. The van der Waals surface area contributed by atoms with E-state index in [0.29, 0.717) is 21.9 Å². The van der Waals surface area contributed by atoms with Gasteiger partial charge >= 0.3 is 0 Å². The normalized spacial score (nSPS) is 11.3. The zero-order valence-electron chi connectivity index (χ0n) is 10.7. The van der Waals surface area contributed by atoms with E-state index in [2.05, 4.69) is 0 Å². The van der Waals surface area contributed by atoms with Gasteiger partial charge in [0.25, 0.3) is 0 Å². The molecule has 1 aromatic heterocycles. The maximum absolute atomic E-state index is 12.5. The molecule has 0 spiro atoms. The highest BCUT2D eigenvalue weighted by atomic mass is 16.3. The highest BCUT2D eigenvalue weighted by Gasteiger charge is 2.12. The van der Waals surface area contributed by atoms with E-state index >= 15 is 0 Å². The van der Waals surface area contributed by atoms with Gasteiger partial charge in [-0.1, -0.05) is 12.1 Å². The van der Waals surface area contributed by atoms with Crippen LogP contribution in [0.3, 0.4) is 0 Å². The summed E-state index contributed by atoms with van der Waals surface area (Å²) in [5.41, 5.74) is 4.72. The third kappa shape index (κ3) is 1.39. The maximum atomic E-state index is 12.5. The van der Waals surface area contributed by atoms with Gasteiger partial charge in [0.2, 0.25) is 5.43 Å². The topological polar surface area (TPSA) is 30.2 Å². The molecule has 0 bridgehead atoms. The first-order chi connectivity index (χ1) is 8.59. The molecular weight excluding hydrogens is 224 g/mol. The standard InChI is InChI=1S/C16H14O2/c1-9-8-14-15(11(3)10(9)2)16(17)12-6-4-5-7-13(12)18-14/h4-8H,1-3H3. The van der Waals surface area contributed by atoms with Crippen molar-refractivity contribution < 1.29 is 4.42 Å². The highest BCUT2D eigenvalue weighted by Crippen LogP contribution is 2.25. The molecule has 1 heterocycles. The molecule has 0 saturated carbocycles. The molecule has 0 radical (unpaired) electrons. The van der Waals surface area contributed by atoms with Gasteiger partial charge in [-0.2, -0.15) is 0 Å². The summed E-state index contributed by atoms with van der Waals surface area (Å²) in [5, 5.41) is 1.35. The lowest BCUT2D eigenvalue weighted by molar-refractivity contribution is 0.659. The molecule has 0 saturated heterocycles. The Kier molecular flexibility index (Phi) is 2.27. The van der Waals surface area contributed by atoms with Crippen LogP contribution < -0.4 is 5.43 Å². The van der Waals surface area contributed by atoms with Crippen molar-refractivity contribution in [2.75, 3.05) is 0 Å². The summed E-state index contributed by atoms with van der Waals surface area (Å²) in [4.78, 5) is 12.5. The van der Waals surface area contributed by atoms with Crippen molar-refractivity contribution in [2.24, 2.45) is 0 Å². The summed E-state index contributed by atoms with van der Waals surface area (Å²) < 4.78 is 5.84. The van der Waals surface area contributed by atoms with E-state index in [1.165, 1.54) is 0 Å². The van der Waals surface area contributed by atoms with Gasteiger partial charge in [-0.3, -0.25) is 4.79 Å². The molecule has 2 heteroatoms. The van der Waals surface area contributed by atoms with E-state index in [4.69, 9.17) is 4.42 Å². The largest absolute Gasteiger partial charge is 0.456 e. The molecule has 0 aliphatic heterocycles. The van der Waals surface area contributed by atoms with Crippen LogP contribution in [0.2, 0.25) is 0 Å². The lowest BCUT2D eigenvalue weighted by atomic mass is 9.99. The number of aryl methyl sites for hydroxylation is 2. The lowest BCUT2D eigenvalue weighted by Crippen LogP contribution is -2.05. The third-order valence-corrected chi connectivity index (χ3v) is 3.70. The number of fused-ring (bicyclic) bond motifs is 2. The van der Waals surface area contributed by atoms with Crippen molar-refractivity contribution in [2.45, 2.75) is 20.8 Å². The predicted molar refractivity (Wildman–Crippen MR) is 74.2 cm³/mol. The molecule has 0 amide bonds. The fraction of sp³-hybridized carbons (Fsp3) is 0.188. The first kappa shape index (κ1) is 11.0. The van der Waals surface area contributed by atoms with Gasteiger partial charge < -0.3 is 4.42 Å². The average molecular weight is 238 g/mol. The summed E-state index contributed by atoms with van der Waals surface area (Å²) in [6, 6.07) is 9.34. The molecule has 0 atom stereocenters. The van der Waals surface area contributed by atoms with Crippen molar-refractivity contribution in [1.29, 1.82) is 0 Å². The molecule has 3 rings (SSSR count). The third-order valence-electron chi connectivity index (χ3n) is 3.70. The van der Waals surface area contributed by atoms with Gasteiger partial charge in [-0.05, 0) is 55.7 Å². The minimum atomic E-state index is 0.0625. The Morgan fingerprint density at radius 3 is 2.44 bits per heavy atom. The minimum absolute atomic E-state index is 0.0625. The highest BCUT2D eigenvalue weighted by molar-refractivity contribution is 5.92. The molecule has 2 nitrogen and oxygen atoms in total. The lowest BCUT2D eigenvalue weighted by Gasteiger charge is -2.09. The number of hydrogen-bond donors (Lipinski definition) is 0. The minimum Gasteiger partial charge on any atom is -0.456 e. The molecule has 2 aromatic carbocycles. The molecule has 3 aromatic rings. The Morgan fingerprint density at radius 1 is 0.944 bits per heavy atom. The fourth-order valence-corrected chi connectivity index (χ4v) is 2.40. The van der Waals surface area contributed by atoms with Gasteiger partial charge in [-0.25, -0.2) is 0 Å². The molecule has 0 N–H and O–H groups in total. The van der Waals surface area contributed by atoms with Crippen molar-refractivity contribution in [3.63, 3.8) is 0 Å². The van der Waals surface area contributed by atoms with Crippen LogP contribution in [-0.4, -0.2) is 0 Å². The zero-order valence-corrected chi connectivity index (χ0v) is 10.7. The number of benzene rings is 2. The first-order valence-corrected chi connectivity index (χ1v) is 6.02. The summed E-state index contributed by atoms with van der Waals surface area (Å²) in [6.07, 6.45) is 0. The van der Waals surface area contributed by atoms with Crippen LogP contribution in [0.15, 0.2) is 39.5 Å². The van der Waals surface area contributed by atoms with E-state index in [0.717, 1.165) is 16.7 Å². The Hall–Kier alpha value is -2.09. The van der Waals surface area contributed by atoms with E-state index < -0.39 is 0 Å². The molecule has 0 aliphatic rings. The van der Waals surface area contributed by atoms with E-state index in [1.807, 2.05) is 51.1 Å². The second kappa shape index (κ2) is 3.70. The van der Waals surface area contributed by atoms with Crippen LogP contribution in [-0.2, 0) is 0 Å². The van der Waals surface area contributed by atoms with Crippen LogP contribution in [0, 0.1) is 20.8 Å². The van der Waals surface area contributed by atoms with Crippen LogP contribution in [0.25, 0.3) is 21.9 Å². The molecule has 0 aliphatic carbocycles. The van der Waals surface area contributed by atoms with Gasteiger partial charge in [0.15, 0.2) is 0 Å². The van der Waals surface area contributed by atoms with Crippen molar-refractivity contribution in [1.82, 2.24) is 0 Å². The molecule has 0 fully saturated rings. The van der Waals surface area contributed by atoms with Crippen LogP contribution in [0.4, 0.5) is 0 Å². The first-order valence-electron chi connectivity index (χ1n) is 6.02. The van der Waals surface area contributed by atoms with E-state index in [-0.39, 0.29) is 5.43 Å². The predicted octanol–water partition coefficient (Wildman–Crippen LogP) is 3.87. The summed E-state index contributed by atoms with van der Waals surface area (Å²) in [5.74, 6) is 0. The van der Waals surface area contributed by atoms with Gasteiger partial charge in [0, 0.05) is 0 Å². The summed E-state index contributed by atoms with van der Waals surface area (Å²) in [7, 11) is 0. The Balaban J connectivity index is 2.65. The second-order valence-corrected chi connectivity index (χ2v) is 4.74.